The van der Waals surface area contributed by atoms with Gasteiger partial charge in [0, 0.05) is 31.7 Å². The highest BCUT2D eigenvalue weighted by atomic mass is 127. The number of hydrogen-bond donors (Lipinski definition) is 0. The first-order valence-corrected chi connectivity index (χ1v) is 8.47. The fourth-order valence-electron chi connectivity index (χ4n) is 4.08. The highest BCUT2D eigenvalue weighted by Crippen LogP contribution is 2.48. The van der Waals surface area contributed by atoms with Gasteiger partial charge in [0.05, 0.1) is 3.57 Å². The van der Waals surface area contributed by atoms with E-state index in [1.165, 1.54) is 25.7 Å². The van der Waals surface area contributed by atoms with Gasteiger partial charge in [-0.05, 0) is 53.2 Å². The lowest BCUT2D eigenvalue weighted by Crippen LogP contribution is -2.27. The average molecular weight is 382 g/mol. The highest BCUT2D eigenvalue weighted by Gasteiger charge is 2.43. The second-order valence-electron chi connectivity index (χ2n) is 6.55. The molecule has 2 fully saturated rings. The molecule has 2 aromatic heterocycles. The molecular weight excluding hydrogens is 363 g/mol. The first-order valence-electron chi connectivity index (χ1n) is 7.39. The Kier molecular flexibility index (Phi) is 2.94. The third-order valence-corrected chi connectivity index (χ3v) is 5.79. The molecule has 0 bridgehead atoms. The fraction of sp³-hybridized carbons (Fsp3) is 0.600. The van der Waals surface area contributed by atoms with Crippen molar-refractivity contribution >= 4 is 34.2 Å². The van der Waals surface area contributed by atoms with Gasteiger partial charge in [0.2, 0.25) is 5.95 Å². The van der Waals surface area contributed by atoms with E-state index in [0.29, 0.717) is 5.41 Å². The van der Waals surface area contributed by atoms with E-state index >= 15 is 0 Å². The average Bonchev–Trinajstić information content (AvgIpc) is 3.12. The van der Waals surface area contributed by atoms with Gasteiger partial charge in [-0.2, -0.15) is 0 Å². The Balaban J connectivity index is 1.68. The number of anilines is 1. The van der Waals surface area contributed by atoms with Gasteiger partial charge in [-0.25, -0.2) is 9.97 Å². The van der Waals surface area contributed by atoms with Gasteiger partial charge in [-0.1, -0.05) is 13.3 Å². The Labute approximate surface area is 132 Å². The van der Waals surface area contributed by atoms with E-state index in [1.54, 1.807) is 0 Å². The molecule has 1 saturated carbocycles. The van der Waals surface area contributed by atoms with Crippen LogP contribution in [0.1, 0.15) is 32.6 Å². The van der Waals surface area contributed by atoms with Crippen LogP contribution in [0.4, 0.5) is 5.95 Å². The number of hydrogen-bond acceptors (Lipinski definition) is 3. The van der Waals surface area contributed by atoms with Crippen LogP contribution in [0.25, 0.3) is 5.65 Å². The molecule has 1 spiro atoms. The van der Waals surface area contributed by atoms with Crippen LogP contribution in [0.15, 0.2) is 18.6 Å². The molecule has 2 aromatic rings. The molecule has 1 saturated heterocycles. The van der Waals surface area contributed by atoms with Gasteiger partial charge in [-0.15, -0.1) is 0 Å². The van der Waals surface area contributed by atoms with Crippen molar-refractivity contribution in [2.45, 2.75) is 32.6 Å². The molecule has 3 heterocycles. The van der Waals surface area contributed by atoms with E-state index in [2.05, 4.69) is 48.8 Å². The summed E-state index contributed by atoms with van der Waals surface area (Å²) in [6.45, 7) is 4.69. The second kappa shape index (κ2) is 4.58. The van der Waals surface area contributed by atoms with E-state index in [4.69, 9.17) is 0 Å². The van der Waals surface area contributed by atoms with Crippen molar-refractivity contribution in [2.75, 3.05) is 18.0 Å². The van der Waals surface area contributed by atoms with Crippen LogP contribution < -0.4 is 4.90 Å². The molecule has 1 aliphatic carbocycles. The summed E-state index contributed by atoms with van der Waals surface area (Å²) in [5.41, 5.74) is 1.58. The summed E-state index contributed by atoms with van der Waals surface area (Å²) in [6, 6.07) is 0. The summed E-state index contributed by atoms with van der Waals surface area (Å²) in [5.74, 6) is 1.96. The maximum Gasteiger partial charge on any atom is 0.211 e. The van der Waals surface area contributed by atoms with E-state index < -0.39 is 0 Å². The smallest absolute Gasteiger partial charge is 0.211 e. The predicted molar refractivity (Wildman–Crippen MR) is 88.0 cm³/mol. The lowest BCUT2D eigenvalue weighted by molar-refractivity contribution is 0.327. The third kappa shape index (κ3) is 1.93. The Hall–Kier alpha value is -0.850. The molecule has 20 heavy (non-hydrogen) atoms. The van der Waals surface area contributed by atoms with E-state index in [9.17, 15) is 0 Å². The molecule has 2 aliphatic rings. The minimum absolute atomic E-state index is 0.553. The fourth-order valence-corrected chi connectivity index (χ4v) is 4.62. The molecule has 0 aromatic carbocycles. The summed E-state index contributed by atoms with van der Waals surface area (Å²) >= 11 is 2.30. The van der Waals surface area contributed by atoms with Gasteiger partial charge in [0.1, 0.15) is 0 Å². The largest absolute Gasteiger partial charge is 0.341 e. The zero-order chi connectivity index (χ0) is 13.7. The quantitative estimate of drug-likeness (QED) is 0.710. The second-order valence-corrected chi connectivity index (χ2v) is 7.71. The summed E-state index contributed by atoms with van der Waals surface area (Å²) in [7, 11) is 0. The Bertz CT molecular complexity index is 652. The maximum atomic E-state index is 4.68. The summed E-state index contributed by atoms with van der Waals surface area (Å²) < 4.78 is 3.25. The summed E-state index contributed by atoms with van der Waals surface area (Å²) in [4.78, 5) is 11.6. The first-order chi connectivity index (χ1) is 9.67. The molecule has 2 atom stereocenters. The van der Waals surface area contributed by atoms with Crippen LogP contribution in [-0.4, -0.2) is 27.5 Å². The monoisotopic (exact) mass is 382 g/mol. The number of rotatable bonds is 1. The van der Waals surface area contributed by atoms with Crippen LogP contribution in [0.3, 0.4) is 0 Å². The predicted octanol–water partition coefficient (Wildman–Crippen LogP) is 3.35. The van der Waals surface area contributed by atoms with Crippen LogP contribution in [0.5, 0.6) is 0 Å². The maximum absolute atomic E-state index is 4.68. The molecule has 106 valence electrons. The van der Waals surface area contributed by atoms with Gasteiger partial charge in [0.25, 0.3) is 0 Å². The van der Waals surface area contributed by atoms with Crippen molar-refractivity contribution in [3.8, 4) is 0 Å². The Morgan fingerprint density at radius 3 is 3.05 bits per heavy atom. The van der Waals surface area contributed by atoms with Crippen molar-refractivity contribution in [2.24, 2.45) is 11.3 Å². The summed E-state index contributed by atoms with van der Waals surface area (Å²) in [6.07, 6.45) is 11.3. The number of nitrogens with zero attached hydrogens (tertiary/aromatic N) is 4. The molecule has 1 unspecified atom stereocenters. The Morgan fingerprint density at radius 1 is 1.35 bits per heavy atom. The molecule has 1 aliphatic heterocycles. The number of aromatic nitrogens is 3. The standard InChI is InChI=1S/C15H19IN4/c1-11-2-3-15(8-11)4-6-19(10-15)14-18-9-12(16)13-17-5-7-20(13)14/h5,7,9,11H,2-4,6,8,10H2,1H3/t11-,15?/m1/s1. The normalized spacial score (nSPS) is 29.9. The van der Waals surface area contributed by atoms with Crippen LogP contribution in [0, 0.1) is 14.9 Å². The van der Waals surface area contributed by atoms with Crippen LogP contribution in [0.2, 0.25) is 0 Å². The van der Waals surface area contributed by atoms with Gasteiger partial charge >= 0.3 is 0 Å². The van der Waals surface area contributed by atoms with Crippen molar-refractivity contribution in [1.82, 2.24) is 14.4 Å². The minimum Gasteiger partial charge on any atom is -0.341 e. The highest BCUT2D eigenvalue weighted by molar-refractivity contribution is 14.1. The van der Waals surface area contributed by atoms with Crippen molar-refractivity contribution in [3.05, 3.63) is 22.2 Å². The topological polar surface area (TPSA) is 33.4 Å². The molecule has 0 N–H and O–H groups in total. The van der Waals surface area contributed by atoms with E-state index in [0.717, 1.165) is 34.2 Å². The summed E-state index contributed by atoms with van der Waals surface area (Å²) in [5, 5.41) is 0. The molecule has 0 amide bonds. The van der Waals surface area contributed by atoms with Crippen LogP contribution in [-0.2, 0) is 0 Å². The zero-order valence-corrected chi connectivity index (χ0v) is 13.9. The molecular formula is C15H19IN4. The number of fused-ring (bicyclic) bond motifs is 1. The Morgan fingerprint density at radius 2 is 2.25 bits per heavy atom. The van der Waals surface area contributed by atoms with E-state index in [-0.39, 0.29) is 0 Å². The molecule has 0 radical (unpaired) electrons. The molecule has 4 nitrogen and oxygen atoms in total. The number of imidazole rings is 1. The van der Waals surface area contributed by atoms with E-state index in [1.807, 2.05) is 18.6 Å². The molecule has 4 rings (SSSR count). The lowest BCUT2D eigenvalue weighted by Gasteiger charge is -2.24. The SMILES string of the molecule is C[C@@H]1CCC2(CCN(c3ncc(I)c4nccn34)C2)C1. The lowest BCUT2D eigenvalue weighted by atomic mass is 9.85. The third-order valence-electron chi connectivity index (χ3n) is 5.03. The van der Waals surface area contributed by atoms with Crippen molar-refractivity contribution in [3.63, 3.8) is 0 Å². The molecule has 5 heteroatoms. The van der Waals surface area contributed by atoms with Gasteiger partial charge in [0.15, 0.2) is 5.65 Å². The van der Waals surface area contributed by atoms with Crippen molar-refractivity contribution in [1.29, 1.82) is 0 Å². The minimum atomic E-state index is 0.553. The van der Waals surface area contributed by atoms with Crippen LogP contribution >= 0.6 is 22.6 Å². The van der Waals surface area contributed by atoms with Crippen molar-refractivity contribution < 1.29 is 0 Å². The van der Waals surface area contributed by atoms with Gasteiger partial charge in [-0.3, -0.25) is 4.40 Å². The zero-order valence-electron chi connectivity index (χ0n) is 11.7. The number of halogens is 1. The van der Waals surface area contributed by atoms with Gasteiger partial charge < -0.3 is 4.90 Å². The first kappa shape index (κ1) is 12.9.